The zero-order chi connectivity index (χ0) is 16.6. The Morgan fingerprint density at radius 3 is 2.35 bits per heavy atom. The highest BCUT2D eigenvalue weighted by molar-refractivity contribution is 6.37. The molecule has 0 bridgehead atoms. The number of aromatic nitrogens is 1. The number of carboxylic acid groups (broad SMARTS) is 1. The summed E-state index contributed by atoms with van der Waals surface area (Å²) < 4.78 is 0. The second kappa shape index (κ2) is 6.22. The Morgan fingerprint density at radius 2 is 1.70 bits per heavy atom. The Labute approximate surface area is 142 Å². The first-order valence-electron chi connectivity index (χ1n) is 6.98. The van der Waals surface area contributed by atoms with Crippen LogP contribution in [-0.4, -0.2) is 58.1 Å². The second-order valence-electron chi connectivity index (χ2n) is 5.22. The van der Waals surface area contributed by atoms with Crippen LogP contribution < -0.4 is 0 Å². The summed E-state index contributed by atoms with van der Waals surface area (Å²) in [5, 5.41) is 10.4. The van der Waals surface area contributed by atoms with E-state index < -0.39 is 6.09 Å². The summed E-state index contributed by atoms with van der Waals surface area (Å²) >= 11 is 12.0. The highest BCUT2D eigenvalue weighted by Gasteiger charge is 2.24. The minimum absolute atomic E-state index is 0.158. The lowest BCUT2D eigenvalue weighted by Crippen LogP contribution is -2.50. The van der Waals surface area contributed by atoms with E-state index >= 15 is 0 Å². The minimum Gasteiger partial charge on any atom is -0.465 e. The molecule has 1 aromatic heterocycles. The summed E-state index contributed by atoms with van der Waals surface area (Å²) in [4.78, 5) is 30.6. The topological polar surface area (TPSA) is 73.7 Å². The van der Waals surface area contributed by atoms with Gasteiger partial charge in [0.05, 0.1) is 10.5 Å². The molecule has 1 aromatic carbocycles. The summed E-state index contributed by atoms with van der Waals surface area (Å²) in [5.74, 6) is -0.158. The second-order valence-corrected chi connectivity index (χ2v) is 6.02. The molecule has 2 heterocycles. The Bertz CT molecular complexity index is 789. The molecule has 2 amide bonds. The van der Waals surface area contributed by atoms with Gasteiger partial charge in [-0.1, -0.05) is 29.3 Å². The van der Waals surface area contributed by atoms with Gasteiger partial charge in [0, 0.05) is 37.1 Å². The molecule has 0 radical (unpaired) electrons. The molecule has 1 aliphatic heterocycles. The number of rotatable bonds is 1. The third-order valence-corrected chi connectivity index (χ3v) is 4.32. The number of fused-ring (bicyclic) bond motifs is 1. The molecule has 0 unspecified atom stereocenters. The van der Waals surface area contributed by atoms with Gasteiger partial charge in [-0.25, -0.2) is 9.78 Å². The van der Waals surface area contributed by atoms with Crippen LogP contribution in [0.2, 0.25) is 10.2 Å². The molecule has 0 aliphatic carbocycles. The summed E-state index contributed by atoms with van der Waals surface area (Å²) in [5.41, 5.74) is 1.03. The number of halogens is 2. The summed E-state index contributed by atoms with van der Waals surface area (Å²) in [7, 11) is 0. The van der Waals surface area contributed by atoms with Crippen molar-refractivity contribution < 1.29 is 14.7 Å². The number of pyridine rings is 1. The lowest BCUT2D eigenvalue weighted by atomic mass is 10.1. The van der Waals surface area contributed by atoms with Crippen molar-refractivity contribution in [1.29, 1.82) is 0 Å². The van der Waals surface area contributed by atoms with Crippen LogP contribution in [0.15, 0.2) is 24.3 Å². The molecule has 1 saturated heterocycles. The number of hydrogen-bond acceptors (Lipinski definition) is 3. The molecule has 0 spiro atoms. The Hall–Kier alpha value is -2.05. The lowest BCUT2D eigenvalue weighted by Gasteiger charge is -2.33. The van der Waals surface area contributed by atoms with Crippen LogP contribution in [0.3, 0.4) is 0 Å². The first kappa shape index (κ1) is 15.8. The highest BCUT2D eigenvalue weighted by atomic mass is 35.5. The largest absolute Gasteiger partial charge is 0.465 e. The van der Waals surface area contributed by atoms with Gasteiger partial charge in [-0.05, 0) is 18.2 Å². The van der Waals surface area contributed by atoms with Crippen LogP contribution in [-0.2, 0) is 0 Å². The average Bonchev–Trinajstić information content (AvgIpc) is 2.53. The van der Waals surface area contributed by atoms with Crippen LogP contribution in [0.1, 0.15) is 10.4 Å². The van der Waals surface area contributed by atoms with Gasteiger partial charge >= 0.3 is 6.09 Å². The van der Waals surface area contributed by atoms with Crippen molar-refractivity contribution in [3.05, 3.63) is 40.0 Å². The lowest BCUT2D eigenvalue weighted by molar-refractivity contribution is 0.0625. The van der Waals surface area contributed by atoms with Crippen molar-refractivity contribution in [1.82, 2.24) is 14.8 Å². The molecular formula is C15H13Cl2N3O3. The zero-order valence-corrected chi connectivity index (χ0v) is 13.5. The van der Waals surface area contributed by atoms with Crippen molar-refractivity contribution in [2.24, 2.45) is 0 Å². The van der Waals surface area contributed by atoms with Gasteiger partial charge < -0.3 is 14.9 Å². The maximum Gasteiger partial charge on any atom is 0.407 e. The van der Waals surface area contributed by atoms with Crippen molar-refractivity contribution in [2.45, 2.75) is 0 Å². The molecule has 1 aliphatic rings. The molecular weight excluding hydrogens is 341 g/mol. The van der Waals surface area contributed by atoms with Gasteiger partial charge in [0.1, 0.15) is 5.15 Å². The number of piperazine rings is 1. The fourth-order valence-corrected chi connectivity index (χ4v) is 3.09. The zero-order valence-electron chi connectivity index (χ0n) is 12.0. The van der Waals surface area contributed by atoms with E-state index in [1.165, 1.54) is 4.90 Å². The van der Waals surface area contributed by atoms with E-state index in [-0.39, 0.29) is 11.1 Å². The molecule has 6 nitrogen and oxygen atoms in total. The van der Waals surface area contributed by atoms with E-state index in [0.29, 0.717) is 42.3 Å². The number of carbonyl (C=O) groups excluding carboxylic acids is 1. The third-order valence-electron chi connectivity index (χ3n) is 3.81. The van der Waals surface area contributed by atoms with Crippen molar-refractivity contribution in [2.75, 3.05) is 26.2 Å². The predicted octanol–water partition coefficient (Wildman–Crippen LogP) is 2.98. The normalized spacial score (nSPS) is 15.0. The molecule has 1 fully saturated rings. The average molecular weight is 354 g/mol. The molecule has 0 atom stereocenters. The van der Waals surface area contributed by atoms with Crippen molar-refractivity contribution >= 4 is 46.1 Å². The third kappa shape index (κ3) is 3.18. The van der Waals surface area contributed by atoms with E-state index in [4.69, 9.17) is 28.3 Å². The first-order valence-corrected chi connectivity index (χ1v) is 7.74. The fourth-order valence-electron chi connectivity index (χ4n) is 2.57. The van der Waals surface area contributed by atoms with Crippen molar-refractivity contribution in [3.63, 3.8) is 0 Å². The van der Waals surface area contributed by atoms with Crippen LogP contribution >= 0.6 is 23.2 Å². The van der Waals surface area contributed by atoms with Crippen LogP contribution in [0.25, 0.3) is 10.9 Å². The van der Waals surface area contributed by atoms with Gasteiger partial charge in [0.25, 0.3) is 5.91 Å². The quantitative estimate of drug-likeness (QED) is 0.799. The number of amides is 2. The molecule has 120 valence electrons. The monoisotopic (exact) mass is 353 g/mol. The number of carbonyl (C=O) groups is 2. The van der Waals surface area contributed by atoms with Gasteiger partial charge in [0.2, 0.25) is 0 Å². The number of hydrogen-bond donors (Lipinski definition) is 1. The van der Waals surface area contributed by atoms with Gasteiger partial charge in [-0.15, -0.1) is 0 Å². The Kier molecular flexibility index (Phi) is 4.28. The number of benzene rings is 1. The molecule has 8 heteroatoms. The predicted molar refractivity (Wildman–Crippen MR) is 87.3 cm³/mol. The number of nitrogens with zero attached hydrogens (tertiary/aromatic N) is 3. The van der Waals surface area contributed by atoms with E-state index in [1.54, 1.807) is 29.2 Å². The van der Waals surface area contributed by atoms with E-state index in [1.807, 2.05) is 0 Å². The summed E-state index contributed by atoms with van der Waals surface area (Å²) in [6.45, 7) is 1.36. The van der Waals surface area contributed by atoms with Crippen molar-refractivity contribution in [3.8, 4) is 0 Å². The molecule has 0 saturated carbocycles. The molecule has 1 N–H and O–H groups in total. The SMILES string of the molecule is O=C(O)N1CCN(C(=O)c2ccc3c(Cl)cc(Cl)nc3c2)CC1. The standard InChI is InChI=1S/C15H13Cl2N3O3/c16-11-8-13(17)18-12-7-9(1-2-10(11)12)14(21)19-3-5-20(6-4-19)15(22)23/h1-2,7-8H,3-6H2,(H,22,23). The van der Waals surface area contributed by atoms with Crippen LogP contribution in [0.4, 0.5) is 4.79 Å². The maximum absolute atomic E-state index is 12.6. The van der Waals surface area contributed by atoms with Gasteiger partial charge in [-0.2, -0.15) is 0 Å². The molecule has 23 heavy (non-hydrogen) atoms. The molecule has 2 aromatic rings. The Morgan fingerprint density at radius 1 is 1.04 bits per heavy atom. The van der Waals surface area contributed by atoms with Gasteiger partial charge in [-0.3, -0.25) is 4.79 Å². The van der Waals surface area contributed by atoms with E-state index in [2.05, 4.69) is 4.98 Å². The molecule has 3 rings (SSSR count). The first-order chi connectivity index (χ1) is 11.0. The smallest absolute Gasteiger partial charge is 0.407 e. The van der Waals surface area contributed by atoms with Crippen LogP contribution in [0.5, 0.6) is 0 Å². The van der Waals surface area contributed by atoms with Gasteiger partial charge in [0.15, 0.2) is 0 Å². The fraction of sp³-hybridized carbons (Fsp3) is 0.267. The van der Waals surface area contributed by atoms with E-state index in [9.17, 15) is 9.59 Å². The Balaban J connectivity index is 1.83. The minimum atomic E-state index is -0.962. The van der Waals surface area contributed by atoms with E-state index in [0.717, 1.165) is 5.39 Å². The van der Waals surface area contributed by atoms with Crippen LogP contribution in [0, 0.1) is 0 Å². The maximum atomic E-state index is 12.6. The highest BCUT2D eigenvalue weighted by Crippen LogP contribution is 2.26. The summed E-state index contributed by atoms with van der Waals surface area (Å²) in [6.07, 6.45) is -0.962. The summed E-state index contributed by atoms with van der Waals surface area (Å²) in [6, 6.07) is 6.63.